The first-order chi connectivity index (χ1) is 8.11. The monoisotopic (exact) mass is 274 g/mol. The van der Waals surface area contributed by atoms with E-state index in [1.54, 1.807) is 11.3 Å². The summed E-state index contributed by atoms with van der Waals surface area (Å²) < 4.78 is 0.891. The third-order valence-corrected chi connectivity index (χ3v) is 3.94. The Kier molecular flexibility index (Phi) is 7.12. The Morgan fingerprint density at radius 2 is 2.18 bits per heavy atom. The normalized spacial score (nSPS) is 13.2. The molecule has 0 aliphatic carbocycles. The van der Waals surface area contributed by atoms with Crippen molar-refractivity contribution in [3.8, 4) is 0 Å². The molecule has 4 heteroatoms. The highest BCUT2D eigenvalue weighted by Crippen LogP contribution is 2.23. The molecule has 2 nitrogen and oxygen atoms in total. The molecule has 1 rings (SSSR count). The summed E-state index contributed by atoms with van der Waals surface area (Å²) >= 11 is 7.66. The van der Waals surface area contributed by atoms with E-state index in [-0.39, 0.29) is 0 Å². The SMILES string of the molecule is CCCNC(CCN(C)C)Cc1ccc(Cl)s1. The molecule has 0 aliphatic heterocycles. The molecule has 1 unspecified atom stereocenters. The minimum atomic E-state index is 0.562. The summed E-state index contributed by atoms with van der Waals surface area (Å²) in [6.45, 7) is 4.43. The van der Waals surface area contributed by atoms with Crippen molar-refractivity contribution in [2.75, 3.05) is 27.2 Å². The third kappa shape index (κ3) is 6.41. The molecule has 0 spiro atoms. The van der Waals surface area contributed by atoms with Gasteiger partial charge in [-0.1, -0.05) is 18.5 Å². The average Bonchev–Trinajstić information content (AvgIpc) is 2.68. The fourth-order valence-electron chi connectivity index (χ4n) is 1.74. The van der Waals surface area contributed by atoms with E-state index in [9.17, 15) is 0 Å². The van der Waals surface area contributed by atoms with Gasteiger partial charge < -0.3 is 10.2 Å². The molecule has 98 valence electrons. The largest absolute Gasteiger partial charge is 0.314 e. The van der Waals surface area contributed by atoms with Crippen LogP contribution in [0.5, 0.6) is 0 Å². The van der Waals surface area contributed by atoms with Gasteiger partial charge in [-0.05, 0) is 58.6 Å². The minimum Gasteiger partial charge on any atom is -0.314 e. The molecule has 17 heavy (non-hydrogen) atoms. The molecule has 1 atom stereocenters. The number of hydrogen-bond acceptors (Lipinski definition) is 3. The molecule has 0 aromatic carbocycles. The zero-order valence-electron chi connectivity index (χ0n) is 11.0. The second kappa shape index (κ2) is 8.09. The zero-order chi connectivity index (χ0) is 12.7. The van der Waals surface area contributed by atoms with Gasteiger partial charge in [0.05, 0.1) is 4.34 Å². The Morgan fingerprint density at radius 1 is 1.41 bits per heavy atom. The van der Waals surface area contributed by atoms with Gasteiger partial charge in [-0.2, -0.15) is 0 Å². The highest BCUT2D eigenvalue weighted by molar-refractivity contribution is 7.16. The molecular weight excluding hydrogens is 252 g/mol. The van der Waals surface area contributed by atoms with Crippen molar-refractivity contribution in [1.82, 2.24) is 10.2 Å². The highest BCUT2D eigenvalue weighted by atomic mass is 35.5. The molecule has 1 aromatic rings. The maximum Gasteiger partial charge on any atom is 0.0931 e. The van der Waals surface area contributed by atoms with Crippen LogP contribution in [0.15, 0.2) is 12.1 Å². The van der Waals surface area contributed by atoms with E-state index < -0.39 is 0 Å². The van der Waals surface area contributed by atoms with E-state index in [0.29, 0.717) is 6.04 Å². The number of nitrogens with zero attached hydrogens (tertiary/aromatic N) is 1. The molecular formula is C13H23ClN2S. The van der Waals surface area contributed by atoms with E-state index in [0.717, 1.165) is 23.8 Å². The smallest absolute Gasteiger partial charge is 0.0931 e. The molecule has 1 aromatic heterocycles. The van der Waals surface area contributed by atoms with Crippen molar-refractivity contribution in [1.29, 1.82) is 0 Å². The van der Waals surface area contributed by atoms with Gasteiger partial charge in [0.25, 0.3) is 0 Å². The van der Waals surface area contributed by atoms with Crippen LogP contribution in [0, 0.1) is 0 Å². The van der Waals surface area contributed by atoms with Gasteiger partial charge in [-0.3, -0.25) is 0 Å². The summed E-state index contributed by atoms with van der Waals surface area (Å²) in [4.78, 5) is 3.62. The average molecular weight is 275 g/mol. The van der Waals surface area contributed by atoms with Gasteiger partial charge in [0.15, 0.2) is 0 Å². The molecule has 1 heterocycles. The van der Waals surface area contributed by atoms with Crippen LogP contribution >= 0.6 is 22.9 Å². The molecule has 0 amide bonds. The Labute approximate surface area is 114 Å². The van der Waals surface area contributed by atoms with Crippen molar-refractivity contribution in [2.45, 2.75) is 32.2 Å². The van der Waals surface area contributed by atoms with Gasteiger partial charge in [0, 0.05) is 10.9 Å². The van der Waals surface area contributed by atoms with E-state index >= 15 is 0 Å². The lowest BCUT2D eigenvalue weighted by Crippen LogP contribution is -2.34. The minimum absolute atomic E-state index is 0.562. The van der Waals surface area contributed by atoms with Gasteiger partial charge >= 0.3 is 0 Å². The van der Waals surface area contributed by atoms with Crippen LogP contribution in [0.3, 0.4) is 0 Å². The Morgan fingerprint density at radius 3 is 2.71 bits per heavy atom. The van der Waals surface area contributed by atoms with Crippen LogP contribution in [0.1, 0.15) is 24.6 Å². The highest BCUT2D eigenvalue weighted by Gasteiger charge is 2.10. The molecule has 0 saturated heterocycles. The first-order valence-electron chi connectivity index (χ1n) is 6.24. The van der Waals surface area contributed by atoms with Crippen LogP contribution in [-0.4, -0.2) is 38.1 Å². The second-order valence-corrected chi connectivity index (χ2v) is 6.45. The number of halogens is 1. The van der Waals surface area contributed by atoms with E-state index in [4.69, 9.17) is 11.6 Å². The lowest BCUT2D eigenvalue weighted by Gasteiger charge is -2.20. The summed E-state index contributed by atoms with van der Waals surface area (Å²) in [7, 11) is 4.25. The number of nitrogens with one attached hydrogen (secondary N) is 1. The van der Waals surface area contributed by atoms with Gasteiger partial charge in [0.2, 0.25) is 0 Å². The number of rotatable bonds is 8. The lowest BCUT2D eigenvalue weighted by atomic mass is 10.1. The second-order valence-electron chi connectivity index (χ2n) is 4.65. The van der Waals surface area contributed by atoms with Crippen molar-refractivity contribution in [2.24, 2.45) is 0 Å². The summed E-state index contributed by atoms with van der Waals surface area (Å²) in [5.74, 6) is 0. The summed E-state index contributed by atoms with van der Waals surface area (Å²) in [6.07, 6.45) is 3.46. The summed E-state index contributed by atoms with van der Waals surface area (Å²) in [5, 5.41) is 3.62. The van der Waals surface area contributed by atoms with Gasteiger partial charge in [-0.15, -0.1) is 11.3 Å². The van der Waals surface area contributed by atoms with Crippen LogP contribution in [0.2, 0.25) is 4.34 Å². The summed E-state index contributed by atoms with van der Waals surface area (Å²) in [5.41, 5.74) is 0. The van der Waals surface area contributed by atoms with Crippen molar-refractivity contribution >= 4 is 22.9 Å². The van der Waals surface area contributed by atoms with Crippen LogP contribution in [0.25, 0.3) is 0 Å². The van der Waals surface area contributed by atoms with Crippen molar-refractivity contribution in [3.05, 3.63) is 21.3 Å². The van der Waals surface area contributed by atoms with Gasteiger partial charge in [-0.25, -0.2) is 0 Å². The summed E-state index contributed by atoms with van der Waals surface area (Å²) in [6, 6.07) is 4.69. The van der Waals surface area contributed by atoms with Gasteiger partial charge in [0.1, 0.15) is 0 Å². The van der Waals surface area contributed by atoms with Crippen molar-refractivity contribution in [3.63, 3.8) is 0 Å². The molecule has 0 aliphatic rings. The van der Waals surface area contributed by atoms with E-state index in [1.807, 2.05) is 6.07 Å². The molecule has 0 radical (unpaired) electrons. The third-order valence-electron chi connectivity index (χ3n) is 2.68. The lowest BCUT2D eigenvalue weighted by molar-refractivity contribution is 0.357. The van der Waals surface area contributed by atoms with Crippen LogP contribution < -0.4 is 5.32 Å². The predicted octanol–water partition coefficient (Wildman–Crippen LogP) is 3.26. The first-order valence-corrected chi connectivity index (χ1v) is 7.43. The quantitative estimate of drug-likeness (QED) is 0.783. The van der Waals surface area contributed by atoms with Crippen LogP contribution in [0.4, 0.5) is 0 Å². The maximum absolute atomic E-state index is 5.97. The Bertz CT molecular complexity index is 312. The fraction of sp³-hybridized carbons (Fsp3) is 0.692. The first kappa shape index (κ1) is 15.0. The van der Waals surface area contributed by atoms with E-state index in [1.165, 1.54) is 17.7 Å². The Balaban J connectivity index is 2.44. The molecule has 1 N–H and O–H groups in total. The molecule has 0 saturated carbocycles. The van der Waals surface area contributed by atoms with Crippen molar-refractivity contribution < 1.29 is 0 Å². The predicted molar refractivity (Wildman–Crippen MR) is 78.3 cm³/mol. The standard InChI is InChI=1S/C13H23ClN2S/c1-4-8-15-11(7-9-16(2)3)10-12-5-6-13(14)17-12/h5-6,11,15H,4,7-10H2,1-3H3. The topological polar surface area (TPSA) is 15.3 Å². The fourth-order valence-corrected chi connectivity index (χ4v) is 2.91. The number of thiophene rings is 1. The zero-order valence-corrected chi connectivity index (χ0v) is 12.6. The molecule has 0 fully saturated rings. The Hall–Kier alpha value is -0.0900. The van der Waals surface area contributed by atoms with Crippen LogP contribution in [-0.2, 0) is 6.42 Å². The van der Waals surface area contributed by atoms with E-state index in [2.05, 4.69) is 37.3 Å². The number of hydrogen-bond donors (Lipinski definition) is 1. The maximum atomic E-state index is 5.97. The molecule has 0 bridgehead atoms.